The molecule has 114 valence electrons. The molecule has 0 saturated carbocycles. The van der Waals surface area contributed by atoms with Crippen LogP contribution < -0.4 is 4.90 Å². The van der Waals surface area contributed by atoms with Gasteiger partial charge in [0.05, 0.1) is 44.7 Å². The van der Waals surface area contributed by atoms with E-state index in [0.29, 0.717) is 31.3 Å². The zero-order valence-corrected chi connectivity index (χ0v) is 12.7. The molecule has 0 aromatic heterocycles. The summed E-state index contributed by atoms with van der Waals surface area (Å²) in [6.07, 6.45) is 0. The van der Waals surface area contributed by atoms with Crippen LogP contribution in [0, 0.1) is 17.2 Å². The second-order valence-corrected chi connectivity index (χ2v) is 5.28. The summed E-state index contributed by atoms with van der Waals surface area (Å²) in [6, 6.07) is 7.92. The van der Waals surface area contributed by atoms with E-state index in [4.69, 9.17) is 19.5 Å². The third kappa shape index (κ3) is 4.43. The van der Waals surface area contributed by atoms with Crippen LogP contribution in [0.25, 0.3) is 0 Å². The van der Waals surface area contributed by atoms with Gasteiger partial charge in [0.25, 0.3) is 0 Å². The zero-order valence-electron chi connectivity index (χ0n) is 12.7. The first-order chi connectivity index (χ1) is 10.2. The SMILES string of the molecule is COCCOCc1cc(C#N)ccc1N(C)CC1COC1. The Morgan fingerprint density at radius 2 is 2.19 bits per heavy atom. The highest BCUT2D eigenvalue weighted by Gasteiger charge is 2.21. The number of ether oxygens (including phenoxy) is 3. The Kier molecular flexibility index (Phi) is 6.00. The Hall–Kier alpha value is -1.61. The third-order valence-corrected chi connectivity index (χ3v) is 3.55. The molecule has 0 atom stereocenters. The molecule has 5 heteroatoms. The van der Waals surface area contributed by atoms with E-state index < -0.39 is 0 Å². The van der Waals surface area contributed by atoms with Crippen molar-refractivity contribution >= 4 is 5.69 Å². The minimum absolute atomic E-state index is 0.486. The normalized spacial score (nSPS) is 14.5. The monoisotopic (exact) mass is 290 g/mol. The molecule has 1 fully saturated rings. The van der Waals surface area contributed by atoms with Gasteiger partial charge < -0.3 is 19.1 Å². The third-order valence-electron chi connectivity index (χ3n) is 3.55. The second-order valence-electron chi connectivity index (χ2n) is 5.28. The lowest BCUT2D eigenvalue weighted by Crippen LogP contribution is -2.38. The lowest BCUT2D eigenvalue weighted by Gasteiger charge is -2.32. The fourth-order valence-electron chi connectivity index (χ4n) is 2.34. The Balaban J connectivity index is 2.04. The predicted octanol–water partition coefficient (Wildman–Crippen LogP) is 1.80. The van der Waals surface area contributed by atoms with Crippen molar-refractivity contribution in [2.75, 3.05) is 52.0 Å². The molecule has 1 aromatic rings. The lowest BCUT2D eigenvalue weighted by molar-refractivity contribution is -0.0272. The Bertz CT molecular complexity index is 495. The van der Waals surface area contributed by atoms with E-state index in [1.54, 1.807) is 7.11 Å². The molecule has 0 unspecified atom stereocenters. The van der Waals surface area contributed by atoms with Crippen molar-refractivity contribution in [3.05, 3.63) is 29.3 Å². The van der Waals surface area contributed by atoms with Crippen LogP contribution in [0.2, 0.25) is 0 Å². The van der Waals surface area contributed by atoms with E-state index in [9.17, 15) is 0 Å². The predicted molar refractivity (Wildman–Crippen MR) is 80.3 cm³/mol. The molecule has 0 bridgehead atoms. The van der Waals surface area contributed by atoms with E-state index in [1.807, 2.05) is 18.2 Å². The van der Waals surface area contributed by atoms with Gasteiger partial charge in [0.15, 0.2) is 0 Å². The summed E-state index contributed by atoms with van der Waals surface area (Å²) in [5.74, 6) is 0.591. The van der Waals surface area contributed by atoms with Gasteiger partial charge in [0, 0.05) is 37.9 Å². The van der Waals surface area contributed by atoms with Gasteiger partial charge in [0.2, 0.25) is 0 Å². The molecule has 1 aliphatic heterocycles. The van der Waals surface area contributed by atoms with Crippen molar-refractivity contribution in [1.82, 2.24) is 0 Å². The number of anilines is 1. The average Bonchev–Trinajstić information content (AvgIpc) is 2.47. The van der Waals surface area contributed by atoms with Gasteiger partial charge in [-0.05, 0) is 18.2 Å². The highest BCUT2D eigenvalue weighted by molar-refractivity contribution is 5.56. The van der Waals surface area contributed by atoms with E-state index in [-0.39, 0.29) is 0 Å². The highest BCUT2D eigenvalue weighted by atomic mass is 16.5. The maximum Gasteiger partial charge on any atom is 0.0991 e. The first-order valence-electron chi connectivity index (χ1n) is 7.13. The minimum Gasteiger partial charge on any atom is -0.382 e. The number of rotatable bonds is 8. The van der Waals surface area contributed by atoms with Gasteiger partial charge in [-0.25, -0.2) is 0 Å². The number of hydrogen-bond donors (Lipinski definition) is 0. The number of hydrogen-bond acceptors (Lipinski definition) is 5. The number of methoxy groups -OCH3 is 1. The molecule has 1 aromatic carbocycles. The number of nitrogens with zero attached hydrogens (tertiary/aromatic N) is 2. The van der Waals surface area contributed by atoms with Gasteiger partial charge in [-0.1, -0.05) is 0 Å². The Morgan fingerprint density at radius 3 is 2.81 bits per heavy atom. The van der Waals surface area contributed by atoms with Crippen molar-refractivity contribution < 1.29 is 14.2 Å². The molecular weight excluding hydrogens is 268 g/mol. The summed E-state index contributed by atoms with van der Waals surface area (Å²) in [5, 5.41) is 9.05. The summed E-state index contributed by atoms with van der Waals surface area (Å²) >= 11 is 0. The maximum absolute atomic E-state index is 9.05. The molecule has 1 saturated heterocycles. The van der Waals surface area contributed by atoms with Crippen molar-refractivity contribution in [1.29, 1.82) is 5.26 Å². The fourth-order valence-corrected chi connectivity index (χ4v) is 2.34. The van der Waals surface area contributed by atoms with Gasteiger partial charge in [0.1, 0.15) is 0 Å². The summed E-state index contributed by atoms with van der Waals surface area (Å²) in [6.45, 7) is 4.23. The summed E-state index contributed by atoms with van der Waals surface area (Å²) in [4.78, 5) is 2.21. The fraction of sp³-hybridized carbons (Fsp3) is 0.562. The molecule has 2 rings (SSSR count). The standard InChI is InChI=1S/C16H22N2O3/c1-18(9-14-10-21-11-14)16-4-3-13(8-17)7-15(16)12-20-6-5-19-2/h3-4,7,14H,5-6,9-12H2,1-2H3. The molecule has 0 N–H and O–H groups in total. The van der Waals surface area contributed by atoms with Gasteiger partial charge in [-0.3, -0.25) is 0 Å². The van der Waals surface area contributed by atoms with E-state index >= 15 is 0 Å². The largest absolute Gasteiger partial charge is 0.382 e. The van der Waals surface area contributed by atoms with E-state index in [0.717, 1.165) is 31.0 Å². The van der Waals surface area contributed by atoms with Gasteiger partial charge in [-0.2, -0.15) is 5.26 Å². The van der Waals surface area contributed by atoms with Crippen LogP contribution in [0.15, 0.2) is 18.2 Å². The van der Waals surface area contributed by atoms with Crippen molar-refractivity contribution in [3.8, 4) is 6.07 Å². The van der Waals surface area contributed by atoms with Crippen LogP contribution in [0.4, 0.5) is 5.69 Å². The highest BCUT2D eigenvalue weighted by Crippen LogP contribution is 2.24. The smallest absolute Gasteiger partial charge is 0.0991 e. The van der Waals surface area contributed by atoms with Crippen LogP contribution >= 0.6 is 0 Å². The molecular formula is C16H22N2O3. The summed E-state index contributed by atoms with van der Waals surface area (Å²) < 4.78 is 15.8. The summed E-state index contributed by atoms with van der Waals surface area (Å²) in [7, 11) is 3.72. The first kappa shape index (κ1) is 15.8. The molecule has 1 aliphatic rings. The lowest BCUT2D eigenvalue weighted by atomic mass is 10.1. The number of nitriles is 1. The molecule has 0 amide bonds. The van der Waals surface area contributed by atoms with Crippen LogP contribution in [0.5, 0.6) is 0 Å². The van der Waals surface area contributed by atoms with Crippen LogP contribution in [-0.4, -0.2) is 47.1 Å². The average molecular weight is 290 g/mol. The molecule has 0 spiro atoms. The quantitative estimate of drug-likeness (QED) is 0.683. The molecule has 21 heavy (non-hydrogen) atoms. The molecule has 5 nitrogen and oxygen atoms in total. The molecule has 0 aliphatic carbocycles. The van der Waals surface area contributed by atoms with Gasteiger partial charge >= 0.3 is 0 Å². The second kappa shape index (κ2) is 7.99. The van der Waals surface area contributed by atoms with Crippen molar-refractivity contribution in [2.24, 2.45) is 5.92 Å². The summed E-state index contributed by atoms with van der Waals surface area (Å²) in [5.41, 5.74) is 2.80. The van der Waals surface area contributed by atoms with E-state index in [2.05, 4.69) is 18.0 Å². The topological polar surface area (TPSA) is 54.7 Å². The van der Waals surface area contributed by atoms with E-state index in [1.165, 1.54) is 0 Å². The maximum atomic E-state index is 9.05. The Morgan fingerprint density at radius 1 is 1.38 bits per heavy atom. The van der Waals surface area contributed by atoms with Crippen molar-refractivity contribution in [2.45, 2.75) is 6.61 Å². The van der Waals surface area contributed by atoms with Crippen LogP contribution in [-0.2, 0) is 20.8 Å². The van der Waals surface area contributed by atoms with Gasteiger partial charge in [-0.15, -0.1) is 0 Å². The minimum atomic E-state index is 0.486. The first-order valence-corrected chi connectivity index (χ1v) is 7.13. The van der Waals surface area contributed by atoms with Crippen LogP contribution in [0.1, 0.15) is 11.1 Å². The van der Waals surface area contributed by atoms with Crippen LogP contribution in [0.3, 0.4) is 0 Å². The van der Waals surface area contributed by atoms with Crippen molar-refractivity contribution in [3.63, 3.8) is 0 Å². The molecule has 0 radical (unpaired) electrons. The zero-order chi connectivity index (χ0) is 15.1. The Labute approximate surface area is 126 Å². The molecule has 1 heterocycles. The number of benzene rings is 1.